The van der Waals surface area contributed by atoms with Crippen LogP contribution < -0.4 is 25.4 Å². The molecular formula is C36H53N5O7S. The Morgan fingerprint density at radius 2 is 1.53 bits per heavy atom. The highest BCUT2D eigenvalue weighted by molar-refractivity contribution is 7.59. The van der Waals surface area contributed by atoms with Crippen LogP contribution >= 0.6 is 13.5 Å². The van der Waals surface area contributed by atoms with Crippen molar-refractivity contribution in [2.75, 3.05) is 26.1 Å². The summed E-state index contributed by atoms with van der Waals surface area (Å²) in [5.74, 6) is 0.947. The van der Waals surface area contributed by atoms with E-state index in [2.05, 4.69) is 20.9 Å². The van der Waals surface area contributed by atoms with Crippen molar-refractivity contribution in [3.63, 3.8) is 0 Å². The quantitative estimate of drug-likeness (QED) is 0.165. The lowest BCUT2D eigenvalue weighted by atomic mass is 10.1. The molecule has 0 aliphatic rings. The number of amides is 1. The monoisotopic (exact) mass is 699 g/mol. The Labute approximate surface area is 297 Å². The summed E-state index contributed by atoms with van der Waals surface area (Å²) in [5, 5.41) is 9.31. The zero-order chi connectivity index (χ0) is 35.7. The molecule has 3 N–H and O–H groups in total. The predicted octanol–water partition coefficient (Wildman–Crippen LogP) is 6.66. The molecule has 0 spiro atoms. The Balaban J connectivity index is 0.00000833. The molecule has 270 valence electrons. The number of ether oxygens (including phenoxy) is 5. The van der Waals surface area contributed by atoms with Gasteiger partial charge in [0.25, 0.3) is 0 Å². The first kappa shape index (κ1) is 41.1. The average Bonchev–Trinajstić information content (AvgIpc) is 2.97. The SMILES string of the molecule is COc1cc(Nc2nccc(-c3cccc(CNC(COC(C)(C)C)C(=O)OC(C)(C)C)c3)n2)cc(CNC(=O)OC(C)(C)C)c1OC.S. The zero-order valence-electron chi connectivity index (χ0n) is 30.6. The number of benzene rings is 2. The summed E-state index contributed by atoms with van der Waals surface area (Å²) in [6.45, 7) is 17.5. The summed E-state index contributed by atoms with van der Waals surface area (Å²) in [6.07, 6.45) is 1.12. The van der Waals surface area contributed by atoms with Crippen LogP contribution in [0.1, 0.15) is 73.4 Å². The minimum absolute atomic E-state index is 0. The number of carbonyl (C=O) groups excluding carboxylic acids is 2. The summed E-state index contributed by atoms with van der Waals surface area (Å²) < 4.78 is 28.1. The van der Waals surface area contributed by atoms with E-state index >= 15 is 0 Å². The van der Waals surface area contributed by atoms with Crippen molar-refractivity contribution < 1.29 is 33.3 Å². The van der Waals surface area contributed by atoms with Crippen LogP contribution in [0.2, 0.25) is 0 Å². The van der Waals surface area contributed by atoms with Crippen molar-refractivity contribution in [1.29, 1.82) is 0 Å². The Bertz CT molecular complexity index is 1550. The molecule has 0 saturated heterocycles. The molecule has 0 bridgehead atoms. The van der Waals surface area contributed by atoms with E-state index in [0.717, 1.165) is 11.1 Å². The number of nitrogens with one attached hydrogen (secondary N) is 3. The van der Waals surface area contributed by atoms with E-state index in [9.17, 15) is 9.59 Å². The minimum atomic E-state index is -0.646. The molecule has 0 aliphatic heterocycles. The second-order valence-electron chi connectivity index (χ2n) is 14.2. The van der Waals surface area contributed by atoms with Gasteiger partial charge in [0.15, 0.2) is 11.5 Å². The van der Waals surface area contributed by atoms with Gasteiger partial charge in [0.1, 0.15) is 17.2 Å². The van der Waals surface area contributed by atoms with Crippen LogP contribution in [0.5, 0.6) is 11.5 Å². The van der Waals surface area contributed by atoms with Crippen LogP contribution in [-0.4, -0.2) is 65.7 Å². The van der Waals surface area contributed by atoms with E-state index in [4.69, 9.17) is 28.7 Å². The molecule has 1 amide bonds. The zero-order valence-corrected chi connectivity index (χ0v) is 31.6. The Morgan fingerprint density at radius 1 is 0.837 bits per heavy atom. The van der Waals surface area contributed by atoms with Gasteiger partial charge >= 0.3 is 12.1 Å². The number of rotatable bonds is 13. The third-order valence-corrected chi connectivity index (χ3v) is 6.44. The predicted molar refractivity (Wildman–Crippen MR) is 196 cm³/mol. The maximum Gasteiger partial charge on any atom is 0.407 e. The first-order chi connectivity index (χ1) is 22.4. The van der Waals surface area contributed by atoms with E-state index in [1.807, 2.05) is 77.9 Å². The van der Waals surface area contributed by atoms with E-state index in [-0.39, 0.29) is 32.6 Å². The third-order valence-electron chi connectivity index (χ3n) is 6.44. The van der Waals surface area contributed by atoms with Gasteiger partial charge in [0, 0.05) is 42.2 Å². The van der Waals surface area contributed by atoms with Crippen LogP contribution in [0.4, 0.5) is 16.4 Å². The number of methoxy groups -OCH3 is 2. The lowest BCUT2D eigenvalue weighted by Crippen LogP contribution is -2.45. The summed E-state index contributed by atoms with van der Waals surface area (Å²) in [6, 6.07) is 12.6. The molecule has 1 heterocycles. The molecule has 3 aromatic rings. The third kappa shape index (κ3) is 14.1. The number of esters is 1. The highest BCUT2D eigenvalue weighted by Gasteiger charge is 2.27. The second-order valence-corrected chi connectivity index (χ2v) is 14.2. The number of carbonyl (C=O) groups is 2. The highest BCUT2D eigenvalue weighted by Crippen LogP contribution is 2.35. The number of nitrogens with zero attached hydrogens (tertiary/aromatic N) is 2. The molecule has 0 fully saturated rings. The van der Waals surface area contributed by atoms with Crippen LogP contribution in [-0.2, 0) is 32.1 Å². The largest absolute Gasteiger partial charge is 0.493 e. The van der Waals surface area contributed by atoms with Crippen molar-refractivity contribution in [2.45, 2.75) is 98.2 Å². The van der Waals surface area contributed by atoms with Gasteiger partial charge < -0.3 is 34.3 Å². The summed E-state index contributed by atoms with van der Waals surface area (Å²) in [4.78, 5) is 34.4. The number of anilines is 2. The van der Waals surface area contributed by atoms with Crippen LogP contribution in [0, 0.1) is 0 Å². The van der Waals surface area contributed by atoms with Crippen LogP contribution in [0.25, 0.3) is 11.3 Å². The van der Waals surface area contributed by atoms with E-state index in [1.54, 1.807) is 40.1 Å². The fourth-order valence-electron chi connectivity index (χ4n) is 4.44. The normalized spacial score (nSPS) is 12.3. The van der Waals surface area contributed by atoms with E-state index < -0.39 is 28.9 Å². The number of aromatic nitrogens is 2. The molecule has 1 aromatic heterocycles. The van der Waals surface area contributed by atoms with Gasteiger partial charge in [-0.05, 0) is 86.1 Å². The average molecular weight is 700 g/mol. The molecule has 0 saturated carbocycles. The Kier molecular flexibility index (Phi) is 14.7. The maximum absolute atomic E-state index is 13.0. The second kappa shape index (κ2) is 17.5. The molecule has 1 atom stereocenters. The molecular weight excluding hydrogens is 646 g/mol. The van der Waals surface area contributed by atoms with Crippen molar-refractivity contribution in [2.24, 2.45) is 0 Å². The van der Waals surface area contributed by atoms with E-state index in [1.165, 1.54) is 7.11 Å². The molecule has 1 unspecified atom stereocenters. The summed E-state index contributed by atoms with van der Waals surface area (Å²) in [5.41, 5.74) is 2.16. The molecule has 3 rings (SSSR count). The topological polar surface area (TPSA) is 142 Å². The van der Waals surface area contributed by atoms with E-state index in [0.29, 0.717) is 40.9 Å². The van der Waals surface area contributed by atoms with Gasteiger partial charge in [-0.3, -0.25) is 10.1 Å². The fourth-order valence-corrected chi connectivity index (χ4v) is 4.44. The summed E-state index contributed by atoms with van der Waals surface area (Å²) in [7, 11) is 3.08. The van der Waals surface area contributed by atoms with Crippen molar-refractivity contribution in [3.05, 3.63) is 59.8 Å². The number of hydrogen-bond donors (Lipinski definition) is 3. The molecule has 0 radical (unpaired) electrons. The van der Waals surface area contributed by atoms with Gasteiger partial charge in [-0.15, -0.1) is 0 Å². The molecule has 13 heteroatoms. The van der Waals surface area contributed by atoms with Gasteiger partial charge in [-0.2, -0.15) is 13.5 Å². The Morgan fingerprint density at radius 3 is 2.14 bits per heavy atom. The van der Waals surface area contributed by atoms with Gasteiger partial charge in [0.2, 0.25) is 5.95 Å². The van der Waals surface area contributed by atoms with Gasteiger partial charge in [0.05, 0.1) is 32.1 Å². The lowest BCUT2D eigenvalue weighted by molar-refractivity contribution is -0.160. The first-order valence-electron chi connectivity index (χ1n) is 15.9. The first-order valence-corrected chi connectivity index (χ1v) is 15.9. The Hall–Kier alpha value is -4.07. The standard InChI is InChI=1S/C36H51N5O7.H2S/c1-34(2,3)46-22-28(31(42)47-35(4,5)6)38-20-23-13-12-14-24(17-23)27-15-16-37-32(41-27)40-26-18-25(30(45-11)29(19-26)44-10)21-39-33(43)48-36(7,8)9;/h12-19,28,38H,20-22H2,1-11H3,(H,39,43)(H,37,40,41);1H2. The van der Waals surface area contributed by atoms with Gasteiger partial charge in [-0.25, -0.2) is 14.8 Å². The lowest BCUT2D eigenvalue weighted by Gasteiger charge is -2.27. The van der Waals surface area contributed by atoms with Crippen LogP contribution in [0.3, 0.4) is 0 Å². The number of hydrogen-bond acceptors (Lipinski definition) is 11. The van der Waals surface area contributed by atoms with Crippen LogP contribution in [0.15, 0.2) is 48.7 Å². The summed E-state index contributed by atoms with van der Waals surface area (Å²) >= 11 is 0. The fraction of sp³-hybridized carbons (Fsp3) is 0.500. The highest BCUT2D eigenvalue weighted by atomic mass is 32.1. The number of alkyl carbamates (subject to hydrolysis) is 1. The molecule has 0 aliphatic carbocycles. The molecule has 12 nitrogen and oxygen atoms in total. The molecule has 49 heavy (non-hydrogen) atoms. The van der Waals surface area contributed by atoms with Crippen molar-refractivity contribution in [1.82, 2.24) is 20.6 Å². The van der Waals surface area contributed by atoms with Crippen molar-refractivity contribution >= 4 is 37.2 Å². The minimum Gasteiger partial charge on any atom is -0.493 e. The smallest absolute Gasteiger partial charge is 0.407 e. The maximum atomic E-state index is 13.0. The van der Waals surface area contributed by atoms with Gasteiger partial charge in [-0.1, -0.05) is 18.2 Å². The molecule has 2 aromatic carbocycles. The van der Waals surface area contributed by atoms with Crippen molar-refractivity contribution in [3.8, 4) is 22.8 Å².